The monoisotopic (exact) mass is 302 g/mol. The second-order valence-electron chi connectivity index (χ2n) is 4.49. The van der Waals surface area contributed by atoms with Crippen molar-refractivity contribution in [3.63, 3.8) is 0 Å². The summed E-state index contributed by atoms with van der Waals surface area (Å²) in [6, 6.07) is 11.9. The molecule has 114 valence electrons. The summed E-state index contributed by atoms with van der Waals surface area (Å²) in [5.41, 5.74) is 0.361. The lowest BCUT2D eigenvalue weighted by Gasteiger charge is -2.10. The molecule has 2 aromatic carbocycles. The zero-order valence-electron chi connectivity index (χ0n) is 12.0. The van der Waals surface area contributed by atoms with Crippen LogP contribution in [0.25, 0.3) is 0 Å². The van der Waals surface area contributed by atoms with Crippen molar-refractivity contribution in [1.29, 1.82) is 0 Å². The van der Waals surface area contributed by atoms with Gasteiger partial charge in [-0.25, -0.2) is 9.18 Å². The minimum atomic E-state index is -0.902. The van der Waals surface area contributed by atoms with Crippen molar-refractivity contribution in [2.75, 3.05) is 6.61 Å². The topological polar surface area (TPSA) is 52.6 Å². The highest BCUT2D eigenvalue weighted by molar-refractivity contribution is 5.92. The minimum absolute atomic E-state index is 0.115. The highest BCUT2D eigenvalue weighted by Gasteiger charge is 2.18. The summed E-state index contributed by atoms with van der Waals surface area (Å²) in [6.07, 6.45) is 0.341. The summed E-state index contributed by atoms with van der Waals surface area (Å²) in [5, 5.41) is 0. The maximum Gasteiger partial charge on any atom is 0.341 e. The average Bonchev–Trinajstić information content (AvgIpc) is 2.55. The molecular formula is C17H15FO4. The third-order valence-corrected chi connectivity index (χ3v) is 2.94. The Kier molecular flexibility index (Phi) is 5.25. The van der Waals surface area contributed by atoms with Crippen LogP contribution in [0.1, 0.15) is 33.2 Å². The Morgan fingerprint density at radius 1 is 1.23 bits per heavy atom. The van der Waals surface area contributed by atoms with Gasteiger partial charge in [0.05, 0.1) is 17.7 Å². The van der Waals surface area contributed by atoms with Crippen LogP contribution in [0.2, 0.25) is 0 Å². The molecule has 0 radical (unpaired) electrons. The Balaban J connectivity index is 2.25. The van der Waals surface area contributed by atoms with E-state index in [1.54, 1.807) is 6.92 Å². The fourth-order valence-corrected chi connectivity index (χ4v) is 1.89. The van der Waals surface area contributed by atoms with E-state index in [-0.39, 0.29) is 30.1 Å². The molecule has 4 nitrogen and oxygen atoms in total. The molecule has 0 unspecified atom stereocenters. The molecule has 0 aliphatic heterocycles. The van der Waals surface area contributed by atoms with Gasteiger partial charge < -0.3 is 9.47 Å². The molecule has 2 aromatic rings. The van der Waals surface area contributed by atoms with Crippen molar-refractivity contribution in [1.82, 2.24) is 0 Å². The van der Waals surface area contributed by atoms with Gasteiger partial charge in [-0.3, -0.25) is 4.79 Å². The van der Waals surface area contributed by atoms with Gasteiger partial charge in [-0.05, 0) is 24.6 Å². The number of aldehydes is 1. The molecule has 0 heterocycles. The fraction of sp³-hybridized carbons (Fsp3) is 0.176. The molecule has 0 aliphatic carbocycles. The van der Waals surface area contributed by atoms with Crippen LogP contribution in [0.15, 0.2) is 42.5 Å². The molecule has 0 spiro atoms. The van der Waals surface area contributed by atoms with E-state index in [4.69, 9.17) is 9.47 Å². The quantitative estimate of drug-likeness (QED) is 0.606. The second kappa shape index (κ2) is 7.36. The van der Waals surface area contributed by atoms with Gasteiger partial charge in [0.2, 0.25) is 0 Å². The number of halogens is 1. The first-order chi connectivity index (χ1) is 10.7. The van der Waals surface area contributed by atoms with E-state index in [1.165, 1.54) is 12.1 Å². The van der Waals surface area contributed by atoms with Gasteiger partial charge in [-0.1, -0.05) is 30.3 Å². The van der Waals surface area contributed by atoms with Crippen LogP contribution in [-0.4, -0.2) is 18.9 Å². The van der Waals surface area contributed by atoms with E-state index in [9.17, 15) is 14.0 Å². The first kappa shape index (κ1) is 15.7. The van der Waals surface area contributed by atoms with E-state index in [0.29, 0.717) is 6.29 Å². The van der Waals surface area contributed by atoms with Crippen LogP contribution in [0.3, 0.4) is 0 Å². The first-order valence-corrected chi connectivity index (χ1v) is 6.78. The van der Waals surface area contributed by atoms with Crippen LogP contribution in [0, 0.1) is 5.82 Å². The number of rotatable bonds is 6. The molecule has 0 bridgehead atoms. The van der Waals surface area contributed by atoms with Crippen LogP contribution < -0.4 is 4.74 Å². The summed E-state index contributed by atoms with van der Waals surface area (Å²) >= 11 is 0. The molecule has 0 atom stereocenters. The van der Waals surface area contributed by atoms with E-state index >= 15 is 0 Å². The molecular weight excluding hydrogens is 287 g/mol. The largest absolute Gasteiger partial charge is 0.489 e. The molecule has 5 heteroatoms. The first-order valence-electron chi connectivity index (χ1n) is 6.78. The molecule has 0 saturated heterocycles. The molecule has 0 amide bonds. The van der Waals surface area contributed by atoms with Gasteiger partial charge in [0.15, 0.2) is 6.29 Å². The van der Waals surface area contributed by atoms with Gasteiger partial charge in [-0.15, -0.1) is 0 Å². The molecule has 0 aliphatic rings. The standard InChI is InChI=1S/C17H15FO4/c1-2-21-17(20)15-9-14(8-13(10-19)16(15)18)22-11-12-6-4-3-5-7-12/h3-10H,2,11H2,1H3. The zero-order valence-corrected chi connectivity index (χ0v) is 12.0. The Bertz CT molecular complexity index is 668. The number of hydrogen-bond acceptors (Lipinski definition) is 4. The number of ether oxygens (including phenoxy) is 2. The number of benzene rings is 2. The summed E-state index contributed by atoms with van der Waals surface area (Å²) in [6.45, 7) is 1.98. The second-order valence-corrected chi connectivity index (χ2v) is 4.49. The third kappa shape index (κ3) is 3.69. The Hall–Kier alpha value is -2.69. The number of hydrogen-bond donors (Lipinski definition) is 0. The summed E-state index contributed by atoms with van der Waals surface area (Å²) < 4.78 is 24.3. The average molecular weight is 302 g/mol. The zero-order chi connectivity index (χ0) is 15.9. The van der Waals surface area contributed by atoms with Crippen molar-refractivity contribution in [2.45, 2.75) is 13.5 Å². The third-order valence-electron chi connectivity index (χ3n) is 2.94. The smallest absolute Gasteiger partial charge is 0.341 e. The van der Waals surface area contributed by atoms with Gasteiger partial charge in [0, 0.05) is 0 Å². The Labute approximate surface area is 127 Å². The molecule has 2 rings (SSSR count). The maximum atomic E-state index is 14.0. The minimum Gasteiger partial charge on any atom is -0.489 e. The van der Waals surface area contributed by atoms with E-state index in [1.807, 2.05) is 30.3 Å². The van der Waals surface area contributed by atoms with Gasteiger partial charge >= 0.3 is 5.97 Å². The normalized spacial score (nSPS) is 10.1. The van der Waals surface area contributed by atoms with Crippen LogP contribution in [0.5, 0.6) is 5.75 Å². The van der Waals surface area contributed by atoms with Crippen molar-refractivity contribution >= 4 is 12.3 Å². The van der Waals surface area contributed by atoms with Gasteiger partial charge in [0.25, 0.3) is 0 Å². The van der Waals surface area contributed by atoms with Crippen LogP contribution in [-0.2, 0) is 11.3 Å². The van der Waals surface area contributed by atoms with Crippen molar-refractivity contribution < 1.29 is 23.5 Å². The number of carbonyl (C=O) groups excluding carboxylic acids is 2. The predicted molar refractivity (Wildman–Crippen MR) is 78.5 cm³/mol. The lowest BCUT2D eigenvalue weighted by Crippen LogP contribution is -2.10. The predicted octanol–water partition coefficient (Wildman–Crippen LogP) is 3.39. The van der Waals surface area contributed by atoms with Gasteiger partial charge in [-0.2, -0.15) is 0 Å². The lowest BCUT2D eigenvalue weighted by molar-refractivity contribution is 0.0520. The Morgan fingerprint density at radius 2 is 1.95 bits per heavy atom. The SMILES string of the molecule is CCOC(=O)c1cc(OCc2ccccc2)cc(C=O)c1F. The number of esters is 1. The van der Waals surface area contributed by atoms with E-state index < -0.39 is 11.8 Å². The number of carbonyl (C=O) groups is 2. The molecule has 0 aromatic heterocycles. The van der Waals surface area contributed by atoms with E-state index in [2.05, 4.69) is 0 Å². The summed E-state index contributed by atoms with van der Waals surface area (Å²) in [4.78, 5) is 22.7. The maximum absolute atomic E-state index is 14.0. The lowest BCUT2D eigenvalue weighted by atomic mass is 10.1. The highest BCUT2D eigenvalue weighted by atomic mass is 19.1. The highest BCUT2D eigenvalue weighted by Crippen LogP contribution is 2.22. The van der Waals surface area contributed by atoms with Gasteiger partial charge in [0.1, 0.15) is 18.2 Å². The summed E-state index contributed by atoms with van der Waals surface area (Å²) in [5.74, 6) is -1.50. The van der Waals surface area contributed by atoms with Crippen LogP contribution >= 0.6 is 0 Å². The van der Waals surface area contributed by atoms with Crippen molar-refractivity contribution in [3.05, 3.63) is 65.0 Å². The van der Waals surface area contributed by atoms with Crippen molar-refractivity contribution in [3.8, 4) is 5.75 Å². The fourth-order valence-electron chi connectivity index (χ4n) is 1.89. The molecule has 0 saturated carbocycles. The van der Waals surface area contributed by atoms with Crippen LogP contribution in [0.4, 0.5) is 4.39 Å². The van der Waals surface area contributed by atoms with E-state index in [0.717, 1.165) is 5.56 Å². The molecule has 0 N–H and O–H groups in total. The van der Waals surface area contributed by atoms with Crippen molar-refractivity contribution in [2.24, 2.45) is 0 Å². The molecule has 0 fully saturated rings. The summed E-state index contributed by atoms with van der Waals surface area (Å²) in [7, 11) is 0. The Morgan fingerprint density at radius 3 is 2.59 bits per heavy atom. The molecule has 22 heavy (non-hydrogen) atoms.